The summed E-state index contributed by atoms with van der Waals surface area (Å²) in [5.74, 6) is 4.29. The average Bonchev–Trinajstić information content (AvgIpc) is 3.00. The fraction of sp³-hybridized carbons (Fsp3) is 1.00. The van der Waals surface area contributed by atoms with Crippen LogP contribution < -0.4 is 0 Å². The van der Waals surface area contributed by atoms with Crippen molar-refractivity contribution in [2.45, 2.75) is 97.2 Å². The molecule has 4 aliphatic rings. The molecule has 3 heteroatoms. The zero-order valence-corrected chi connectivity index (χ0v) is 19.7. The Kier molecular flexibility index (Phi) is 6.17. The molecular weight excluding hydrogens is 358 g/mol. The number of hydrogen-bond donors (Lipinski definition) is 2. The number of nitrogens with zero attached hydrogens (tertiary/aromatic N) is 1. The van der Waals surface area contributed by atoms with Gasteiger partial charge in [-0.1, -0.05) is 20.8 Å². The first kappa shape index (κ1) is 22.1. The van der Waals surface area contributed by atoms with Crippen LogP contribution in [-0.4, -0.2) is 48.0 Å². The zero-order valence-electron chi connectivity index (χ0n) is 19.7. The lowest BCUT2D eigenvalue weighted by Crippen LogP contribution is -2.58. The first-order valence-electron chi connectivity index (χ1n) is 12.7. The van der Waals surface area contributed by atoms with Gasteiger partial charge >= 0.3 is 0 Å². The number of aliphatic hydroxyl groups is 2. The highest BCUT2D eigenvalue weighted by Crippen LogP contribution is 2.68. The maximum absolute atomic E-state index is 11.2. The lowest BCUT2D eigenvalue weighted by atomic mass is 9.44. The van der Waals surface area contributed by atoms with Gasteiger partial charge in [0.05, 0.1) is 12.2 Å². The summed E-state index contributed by atoms with van der Waals surface area (Å²) in [4.78, 5) is 2.32. The smallest absolute Gasteiger partial charge is 0.0577 e. The molecule has 0 spiro atoms. The van der Waals surface area contributed by atoms with Gasteiger partial charge in [0, 0.05) is 0 Å². The van der Waals surface area contributed by atoms with Crippen molar-refractivity contribution in [3.8, 4) is 0 Å². The standard InChI is InChI=1S/C26H47NO2/c1-17(7-6-14-27(4)5)20-8-9-21-19-16-24(29)23-15-18(28)10-12-26(23,3)22(19)11-13-25(20,21)2/h17-24,28-29H,6-16H2,1-5H3/t17-,18-,19+,20-,21+,22+,23+,24+,25-,26-/m1/s1. The van der Waals surface area contributed by atoms with E-state index in [0.717, 1.165) is 49.4 Å². The van der Waals surface area contributed by atoms with Crippen LogP contribution in [0.4, 0.5) is 0 Å². The quantitative estimate of drug-likeness (QED) is 0.680. The van der Waals surface area contributed by atoms with E-state index in [1.54, 1.807) is 0 Å². The summed E-state index contributed by atoms with van der Waals surface area (Å²) in [6.07, 6.45) is 11.7. The third kappa shape index (κ3) is 3.72. The van der Waals surface area contributed by atoms with E-state index in [-0.39, 0.29) is 17.6 Å². The van der Waals surface area contributed by atoms with Gasteiger partial charge in [0.1, 0.15) is 0 Å². The van der Waals surface area contributed by atoms with Crippen molar-refractivity contribution in [3.05, 3.63) is 0 Å². The molecule has 0 heterocycles. The second kappa shape index (κ2) is 8.10. The molecule has 29 heavy (non-hydrogen) atoms. The molecule has 0 saturated heterocycles. The second-order valence-electron chi connectivity index (χ2n) is 12.4. The van der Waals surface area contributed by atoms with E-state index < -0.39 is 0 Å². The molecular formula is C26H47NO2. The molecule has 0 unspecified atom stereocenters. The lowest BCUT2D eigenvalue weighted by Gasteiger charge is -2.62. The van der Waals surface area contributed by atoms with Crippen molar-refractivity contribution >= 4 is 0 Å². The highest BCUT2D eigenvalue weighted by atomic mass is 16.3. The van der Waals surface area contributed by atoms with Crippen molar-refractivity contribution in [3.63, 3.8) is 0 Å². The van der Waals surface area contributed by atoms with Crippen molar-refractivity contribution in [1.82, 2.24) is 4.90 Å². The first-order chi connectivity index (χ1) is 13.7. The van der Waals surface area contributed by atoms with Crippen LogP contribution in [-0.2, 0) is 0 Å². The summed E-state index contributed by atoms with van der Waals surface area (Å²) in [5, 5.41) is 21.4. The number of hydrogen-bond acceptors (Lipinski definition) is 3. The molecule has 0 aromatic heterocycles. The van der Waals surface area contributed by atoms with E-state index in [2.05, 4.69) is 39.8 Å². The molecule has 0 amide bonds. The molecule has 4 fully saturated rings. The highest BCUT2D eigenvalue weighted by molar-refractivity contribution is 5.11. The fourth-order valence-electron chi connectivity index (χ4n) is 9.18. The maximum atomic E-state index is 11.2. The van der Waals surface area contributed by atoms with E-state index >= 15 is 0 Å². The van der Waals surface area contributed by atoms with Gasteiger partial charge in [0.15, 0.2) is 0 Å². The Morgan fingerprint density at radius 2 is 1.59 bits per heavy atom. The molecule has 0 radical (unpaired) electrons. The second-order valence-corrected chi connectivity index (χ2v) is 12.4. The highest BCUT2D eigenvalue weighted by Gasteiger charge is 2.62. The summed E-state index contributed by atoms with van der Waals surface area (Å²) in [6.45, 7) is 8.83. The van der Waals surface area contributed by atoms with Crippen molar-refractivity contribution in [2.24, 2.45) is 46.3 Å². The molecule has 10 atom stereocenters. The van der Waals surface area contributed by atoms with Gasteiger partial charge in [-0.15, -0.1) is 0 Å². The predicted molar refractivity (Wildman–Crippen MR) is 120 cm³/mol. The van der Waals surface area contributed by atoms with Crippen LogP contribution in [0.15, 0.2) is 0 Å². The third-order valence-corrected chi connectivity index (χ3v) is 10.7. The van der Waals surface area contributed by atoms with Crippen LogP contribution in [0.5, 0.6) is 0 Å². The molecule has 0 aromatic rings. The maximum Gasteiger partial charge on any atom is 0.0577 e. The molecule has 2 N–H and O–H groups in total. The van der Waals surface area contributed by atoms with Crippen molar-refractivity contribution in [1.29, 1.82) is 0 Å². The minimum absolute atomic E-state index is 0.188. The monoisotopic (exact) mass is 405 g/mol. The largest absolute Gasteiger partial charge is 0.393 e. The van der Waals surface area contributed by atoms with E-state index in [1.165, 1.54) is 45.1 Å². The molecule has 3 nitrogen and oxygen atoms in total. The van der Waals surface area contributed by atoms with Crippen LogP contribution in [0.1, 0.15) is 85.0 Å². The van der Waals surface area contributed by atoms with Crippen LogP contribution in [0.25, 0.3) is 0 Å². The van der Waals surface area contributed by atoms with Crippen LogP contribution in [0, 0.1) is 46.3 Å². The zero-order chi connectivity index (χ0) is 21.0. The van der Waals surface area contributed by atoms with Gasteiger partial charge in [-0.25, -0.2) is 0 Å². The summed E-state index contributed by atoms with van der Waals surface area (Å²) in [5.41, 5.74) is 0.730. The van der Waals surface area contributed by atoms with Crippen LogP contribution in [0.2, 0.25) is 0 Å². The van der Waals surface area contributed by atoms with Crippen molar-refractivity contribution < 1.29 is 10.2 Å². The molecule has 0 aliphatic heterocycles. The lowest BCUT2D eigenvalue weighted by molar-refractivity contribution is -0.172. The normalized spacial score (nSPS) is 50.7. The molecule has 0 bridgehead atoms. The van der Waals surface area contributed by atoms with Gasteiger partial charge in [-0.05, 0) is 131 Å². The summed E-state index contributed by atoms with van der Waals surface area (Å²) < 4.78 is 0. The van der Waals surface area contributed by atoms with Crippen LogP contribution in [0.3, 0.4) is 0 Å². The Labute approximate surface area is 179 Å². The molecule has 0 aromatic carbocycles. The van der Waals surface area contributed by atoms with Gasteiger partial charge < -0.3 is 15.1 Å². The number of aliphatic hydroxyl groups excluding tert-OH is 2. The number of rotatable bonds is 5. The third-order valence-electron chi connectivity index (χ3n) is 10.7. The number of fused-ring (bicyclic) bond motifs is 5. The Balaban J connectivity index is 1.50. The first-order valence-corrected chi connectivity index (χ1v) is 12.7. The molecule has 4 rings (SSSR count). The minimum Gasteiger partial charge on any atom is -0.393 e. The topological polar surface area (TPSA) is 43.7 Å². The minimum atomic E-state index is -0.199. The van der Waals surface area contributed by atoms with Gasteiger partial charge in [0.25, 0.3) is 0 Å². The summed E-state index contributed by atoms with van der Waals surface area (Å²) in [7, 11) is 4.37. The van der Waals surface area contributed by atoms with Crippen molar-refractivity contribution in [2.75, 3.05) is 20.6 Å². The predicted octanol–water partition coefficient (Wildman–Crippen LogP) is 4.95. The van der Waals surface area contributed by atoms with E-state index in [0.29, 0.717) is 17.3 Å². The average molecular weight is 406 g/mol. The summed E-state index contributed by atoms with van der Waals surface area (Å²) in [6, 6.07) is 0. The Morgan fingerprint density at radius 1 is 0.897 bits per heavy atom. The van der Waals surface area contributed by atoms with Gasteiger partial charge in [-0.2, -0.15) is 0 Å². The fourth-order valence-corrected chi connectivity index (χ4v) is 9.18. The Morgan fingerprint density at radius 3 is 2.31 bits per heavy atom. The summed E-state index contributed by atoms with van der Waals surface area (Å²) >= 11 is 0. The van der Waals surface area contributed by atoms with E-state index in [1.807, 2.05) is 0 Å². The Hall–Kier alpha value is -0.120. The SMILES string of the molecule is C[C@H](CCCN(C)C)[C@H]1CC[C@H]2[C@@H]3C[C@H](O)[C@@H]4C[C@H](O)CC[C@]4(C)[C@H]3CC[C@]12C. The van der Waals surface area contributed by atoms with Gasteiger partial charge in [0.2, 0.25) is 0 Å². The molecule has 4 saturated carbocycles. The van der Waals surface area contributed by atoms with E-state index in [9.17, 15) is 10.2 Å². The van der Waals surface area contributed by atoms with E-state index in [4.69, 9.17) is 0 Å². The van der Waals surface area contributed by atoms with Gasteiger partial charge in [-0.3, -0.25) is 0 Å². The molecule has 168 valence electrons. The Bertz CT molecular complexity index is 579. The molecule has 4 aliphatic carbocycles. The van der Waals surface area contributed by atoms with Crippen LogP contribution >= 0.6 is 0 Å².